The summed E-state index contributed by atoms with van der Waals surface area (Å²) in [5.41, 5.74) is 0.976. The van der Waals surface area contributed by atoms with Gasteiger partial charge in [0, 0.05) is 31.9 Å². The minimum Gasteiger partial charge on any atom is -0.483 e. The average Bonchev–Trinajstić information content (AvgIpc) is 3.10. The molecule has 2 rings (SSSR count). The van der Waals surface area contributed by atoms with Crippen LogP contribution in [0.2, 0.25) is 0 Å². The number of carboxylic acid groups (broad SMARTS) is 2. The van der Waals surface area contributed by atoms with Crippen molar-refractivity contribution in [2.24, 2.45) is 5.92 Å². The molecule has 0 aromatic carbocycles. The van der Waals surface area contributed by atoms with Crippen molar-refractivity contribution in [1.29, 1.82) is 0 Å². The third-order valence-electron chi connectivity index (χ3n) is 4.13. The molecule has 130 valence electrons. The van der Waals surface area contributed by atoms with E-state index in [0.29, 0.717) is 5.92 Å². The molecule has 8 heteroatoms. The first-order valence-electron chi connectivity index (χ1n) is 7.67. The molecule has 0 spiro atoms. The van der Waals surface area contributed by atoms with Crippen molar-refractivity contribution in [3.8, 4) is 0 Å². The lowest BCUT2D eigenvalue weighted by Crippen LogP contribution is -2.29. The van der Waals surface area contributed by atoms with Gasteiger partial charge in [0.2, 0.25) is 0 Å². The number of aromatic nitrogens is 2. The molecular formula is C15H26N4O4. The number of rotatable bonds is 5. The van der Waals surface area contributed by atoms with E-state index < -0.39 is 6.09 Å². The van der Waals surface area contributed by atoms with E-state index in [1.165, 1.54) is 11.3 Å². The van der Waals surface area contributed by atoms with E-state index in [4.69, 9.17) is 15.0 Å². The van der Waals surface area contributed by atoms with Crippen molar-refractivity contribution >= 4 is 12.6 Å². The average molecular weight is 326 g/mol. The van der Waals surface area contributed by atoms with Gasteiger partial charge < -0.3 is 20.0 Å². The van der Waals surface area contributed by atoms with E-state index in [1.54, 1.807) is 13.2 Å². The second-order valence-electron chi connectivity index (χ2n) is 5.84. The number of likely N-dealkylation sites (tertiary alicyclic amines) is 1. The predicted octanol–water partition coefficient (Wildman–Crippen LogP) is 1.60. The smallest absolute Gasteiger partial charge is 0.407 e. The Bertz CT molecular complexity index is 505. The van der Waals surface area contributed by atoms with Crippen LogP contribution in [0.15, 0.2) is 12.4 Å². The Balaban J connectivity index is 0.000000816. The molecule has 2 heterocycles. The molecule has 1 aliphatic heterocycles. The summed E-state index contributed by atoms with van der Waals surface area (Å²) in [4.78, 5) is 23.1. The topological polar surface area (TPSA) is 98.9 Å². The summed E-state index contributed by atoms with van der Waals surface area (Å²) < 4.78 is 1.96. The summed E-state index contributed by atoms with van der Waals surface area (Å²) in [7, 11) is 3.75. The molecule has 1 aliphatic rings. The molecule has 0 radical (unpaired) electrons. The first kappa shape index (κ1) is 19.0. The molecule has 1 aromatic heterocycles. The highest BCUT2D eigenvalue weighted by Crippen LogP contribution is 2.23. The third-order valence-corrected chi connectivity index (χ3v) is 4.13. The summed E-state index contributed by atoms with van der Waals surface area (Å²) >= 11 is 0. The molecule has 1 amide bonds. The van der Waals surface area contributed by atoms with Gasteiger partial charge in [-0.05, 0) is 32.4 Å². The van der Waals surface area contributed by atoms with Gasteiger partial charge in [-0.2, -0.15) is 5.10 Å². The Morgan fingerprint density at radius 3 is 2.74 bits per heavy atom. The molecular weight excluding hydrogens is 300 g/mol. The van der Waals surface area contributed by atoms with Gasteiger partial charge in [0.15, 0.2) is 0 Å². The van der Waals surface area contributed by atoms with Crippen LogP contribution in [0.4, 0.5) is 4.79 Å². The lowest BCUT2D eigenvalue weighted by Gasteiger charge is -2.23. The van der Waals surface area contributed by atoms with Gasteiger partial charge >= 0.3 is 6.09 Å². The number of carbonyl (C=O) groups is 2. The lowest BCUT2D eigenvalue weighted by molar-refractivity contribution is -0.122. The first-order chi connectivity index (χ1) is 10.9. The van der Waals surface area contributed by atoms with Crippen molar-refractivity contribution in [3.63, 3.8) is 0 Å². The fourth-order valence-electron chi connectivity index (χ4n) is 2.96. The summed E-state index contributed by atoms with van der Waals surface area (Å²) in [5.74, 6) is 0.644. The Hall–Kier alpha value is -2.09. The van der Waals surface area contributed by atoms with Gasteiger partial charge in [-0.25, -0.2) is 4.79 Å². The summed E-state index contributed by atoms with van der Waals surface area (Å²) in [6.45, 7) is 4.92. The fourth-order valence-corrected chi connectivity index (χ4v) is 2.96. The largest absolute Gasteiger partial charge is 0.483 e. The Kier molecular flexibility index (Phi) is 7.53. The predicted molar refractivity (Wildman–Crippen MR) is 85.3 cm³/mol. The molecule has 1 aromatic rings. The van der Waals surface area contributed by atoms with Crippen LogP contribution in [0.1, 0.15) is 31.4 Å². The molecule has 23 heavy (non-hydrogen) atoms. The van der Waals surface area contributed by atoms with E-state index in [0.717, 1.165) is 31.6 Å². The van der Waals surface area contributed by atoms with Crippen molar-refractivity contribution in [3.05, 3.63) is 18.0 Å². The molecule has 0 saturated carbocycles. The molecule has 0 bridgehead atoms. The van der Waals surface area contributed by atoms with Gasteiger partial charge in [0.25, 0.3) is 6.47 Å². The maximum atomic E-state index is 11.1. The molecule has 8 nitrogen and oxygen atoms in total. The summed E-state index contributed by atoms with van der Waals surface area (Å²) in [6, 6.07) is -0.118. The molecule has 2 unspecified atom stereocenters. The van der Waals surface area contributed by atoms with Gasteiger partial charge in [-0.1, -0.05) is 6.92 Å². The van der Waals surface area contributed by atoms with E-state index in [2.05, 4.69) is 17.0 Å². The molecule has 2 atom stereocenters. The summed E-state index contributed by atoms with van der Waals surface area (Å²) in [6.07, 6.45) is 4.85. The van der Waals surface area contributed by atoms with Gasteiger partial charge in [-0.3, -0.25) is 9.48 Å². The maximum Gasteiger partial charge on any atom is 0.407 e. The quantitative estimate of drug-likeness (QED) is 0.797. The minimum absolute atomic E-state index is 0.118. The lowest BCUT2D eigenvalue weighted by atomic mass is 10.1. The van der Waals surface area contributed by atoms with Gasteiger partial charge in [0.05, 0.1) is 12.2 Å². The SMILES string of the molecule is CCC(c1cnn(CC2CCN(C)C2)c1)N(C)C(=O)O.O=CO. The van der Waals surface area contributed by atoms with Crippen LogP contribution in [-0.2, 0) is 11.3 Å². The molecule has 0 aliphatic carbocycles. The fraction of sp³-hybridized carbons (Fsp3) is 0.667. The standard InChI is InChI=1S/C14H24N4O2.CH2O2/c1-4-13(17(3)14(19)20)12-7-15-18(10-12)9-11-5-6-16(2)8-11;2-1-3/h7,10-11,13H,4-6,8-9H2,1-3H3,(H,19,20);1H,(H,2,3). The van der Waals surface area contributed by atoms with E-state index in [9.17, 15) is 4.79 Å². The zero-order valence-corrected chi connectivity index (χ0v) is 13.9. The zero-order chi connectivity index (χ0) is 17.4. The van der Waals surface area contributed by atoms with Crippen LogP contribution in [-0.4, -0.2) is 69.5 Å². The van der Waals surface area contributed by atoms with Crippen LogP contribution in [0.5, 0.6) is 0 Å². The van der Waals surface area contributed by atoms with Crippen LogP contribution in [0.3, 0.4) is 0 Å². The Labute approximate surface area is 136 Å². The number of amides is 1. The van der Waals surface area contributed by atoms with Crippen molar-refractivity contribution in [2.45, 2.75) is 32.4 Å². The van der Waals surface area contributed by atoms with Crippen LogP contribution in [0, 0.1) is 5.92 Å². The Morgan fingerprint density at radius 2 is 2.26 bits per heavy atom. The van der Waals surface area contributed by atoms with E-state index in [-0.39, 0.29) is 12.5 Å². The van der Waals surface area contributed by atoms with Crippen molar-refractivity contribution < 1.29 is 19.8 Å². The van der Waals surface area contributed by atoms with Gasteiger partial charge in [0.1, 0.15) is 0 Å². The van der Waals surface area contributed by atoms with E-state index in [1.807, 2.05) is 17.8 Å². The summed E-state index contributed by atoms with van der Waals surface area (Å²) in [5, 5.41) is 20.4. The van der Waals surface area contributed by atoms with Crippen LogP contribution < -0.4 is 0 Å². The molecule has 1 fully saturated rings. The van der Waals surface area contributed by atoms with Crippen LogP contribution >= 0.6 is 0 Å². The highest BCUT2D eigenvalue weighted by Gasteiger charge is 2.23. The van der Waals surface area contributed by atoms with E-state index >= 15 is 0 Å². The van der Waals surface area contributed by atoms with Crippen molar-refractivity contribution in [2.75, 3.05) is 27.2 Å². The van der Waals surface area contributed by atoms with Crippen molar-refractivity contribution in [1.82, 2.24) is 19.6 Å². The number of nitrogens with zero attached hydrogens (tertiary/aromatic N) is 4. The molecule has 2 N–H and O–H groups in total. The minimum atomic E-state index is -0.901. The highest BCUT2D eigenvalue weighted by molar-refractivity contribution is 5.65. The monoisotopic (exact) mass is 326 g/mol. The second-order valence-corrected chi connectivity index (χ2v) is 5.84. The number of hydrogen-bond donors (Lipinski definition) is 2. The first-order valence-corrected chi connectivity index (χ1v) is 7.67. The van der Waals surface area contributed by atoms with Crippen LogP contribution in [0.25, 0.3) is 0 Å². The normalized spacial score (nSPS) is 18.8. The maximum absolute atomic E-state index is 11.1. The molecule has 1 saturated heterocycles. The number of hydrogen-bond acceptors (Lipinski definition) is 4. The Morgan fingerprint density at radius 1 is 1.61 bits per heavy atom. The van der Waals surface area contributed by atoms with Gasteiger partial charge in [-0.15, -0.1) is 0 Å². The zero-order valence-electron chi connectivity index (χ0n) is 13.9. The second kappa shape index (κ2) is 9.14. The third kappa shape index (κ3) is 5.55. The highest BCUT2D eigenvalue weighted by atomic mass is 16.4.